The third-order valence-electron chi connectivity index (χ3n) is 5.81. The van der Waals surface area contributed by atoms with Gasteiger partial charge < -0.3 is 9.80 Å². The lowest BCUT2D eigenvalue weighted by molar-refractivity contribution is -0.139. The smallest absolute Gasteiger partial charge is 0.253 e. The van der Waals surface area contributed by atoms with Crippen LogP contribution in [0.4, 0.5) is 0 Å². The molecular formula is C21H25N5O2. The average Bonchev–Trinajstić information content (AvgIpc) is 2.73. The summed E-state index contributed by atoms with van der Waals surface area (Å²) >= 11 is 0. The number of nitrogens with zero attached hydrogens (tertiary/aromatic N) is 5. The minimum atomic E-state index is -0.0347. The number of aromatic nitrogens is 3. The number of aryl methyl sites for hydroxylation is 1. The van der Waals surface area contributed by atoms with Gasteiger partial charge in [0.05, 0.1) is 24.1 Å². The van der Waals surface area contributed by atoms with Gasteiger partial charge in [-0.3, -0.25) is 24.5 Å². The van der Waals surface area contributed by atoms with Crippen LogP contribution in [-0.4, -0.2) is 56.2 Å². The largest absolute Gasteiger partial charge is 0.338 e. The Morgan fingerprint density at radius 2 is 1.96 bits per heavy atom. The Labute approximate surface area is 164 Å². The third-order valence-corrected chi connectivity index (χ3v) is 5.81. The zero-order valence-corrected chi connectivity index (χ0v) is 16.2. The summed E-state index contributed by atoms with van der Waals surface area (Å²) in [5.41, 5.74) is 2.30. The number of carbonyl (C=O) groups is 2. The Balaban J connectivity index is 1.48. The van der Waals surface area contributed by atoms with Crippen LogP contribution in [-0.2, 0) is 11.3 Å². The molecule has 28 heavy (non-hydrogen) atoms. The van der Waals surface area contributed by atoms with Crippen molar-refractivity contribution >= 4 is 11.8 Å². The van der Waals surface area contributed by atoms with Crippen LogP contribution >= 0.6 is 0 Å². The van der Waals surface area contributed by atoms with Crippen molar-refractivity contribution in [2.75, 3.05) is 19.6 Å². The molecule has 0 saturated carbocycles. The standard InChI is InChI=1S/C21H25N5O2/c1-16-11-24-18(12-23-16)13-26-15-21(7-3-19(26)27)6-2-10-25(14-21)20(28)17-4-8-22-9-5-17/h4-5,8-9,11-12H,2-3,6-7,10,13-15H2,1H3/t21-/m0/s1. The number of likely N-dealkylation sites (tertiary alicyclic amines) is 2. The molecule has 2 aromatic heterocycles. The first kappa shape index (κ1) is 18.5. The minimum absolute atomic E-state index is 0.0347. The number of amides is 2. The first-order chi connectivity index (χ1) is 13.5. The topological polar surface area (TPSA) is 79.3 Å². The maximum absolute atomic E-state index is 12.9. The van der Waals surface area contributed by atoms with Gasteiger partial charge in [0, 0.05) is 55.6 Å². The lowest BCUT2D eigenvalue weighted by Gasteiger charge is -2.48. The molecule has 7 nitrogen and oxygen atoms in total. The molecule has 0 bridgehead atoms. The van der Waals surface area contributed by atoms with E-state index in [0.717, 1.165) is 37.2 Å². The zero-order chi connectivity index (χ0) is 19.6. The van der Waals surface area contributed by atoms with Gasteiger partial charge in [0.1, 0.15) is 0 Å². The quantitative estimate of drug-likeness (QED) is 0.817. The second kappa shape index (κ2) is 7.66. The van der Waals surface area contributed by atoms with Crippen molar-refractivity contribution in [3.63, 3.8) is 0 Å². The Bertz CT molecular complexity index is 855. The highest BCUT2D eigenvalue weighted by atomic mass is 16.2. The van der Waals surface area contributed by atoms with Crippen LogP contribution in [0.25, 0.3) is 0 Å². The molecule has 0 aliphatic carbocycles. The molecule has 146 valence electrons. The van der Waals surface area contributed by atoms with Gasteiger partial charge in [0.25, 0.3) is 5.91 Å². The Hall–Kier alpha value is -2.83. The molecule has 4 rings (SSSR count). The number of rotatable bonds is 3. The molecule has 2 aliphatic heterocycles. The zero-order valence-electron chi connectivity index (χ0n) is 16.2. The lowest BCUT2D eigenvalue weighted by atomic mass is 9.73. The molecule has 0 N–H and O–H groups in total. The Morgan fingerprint density at radius 3 is 2.71 bits per heavy atom. The molecule has 1 atom stereocenters. The van der Waals surface area contributed by atoms with Gasteiger partial charge in [-0.1, -0.05) is 0 Å². The van der Waals surface area contributed by atoms with Gasteiger partial charge in [-0.2, -0.15) is 0 Å². The molecule has 2 amide bonds. The summed E-state index contributed by atoms with van der Waals surface area (Å²) < 4.78 is 0. The van der Waals surface area contributed by atoms with Gasteiger partial charge in [-0.05, 0) is 38.3 Å². The fourth-order valence-corrected chi connectivity index (χ4v) is 4.33. The Morgan fingerprint density at radius 1 is 1.14 bits per heavy atom. The van der Waals surface area contributed by atoms with Crippen LogP contribution in [0.2, 0.25) is 0 Å². The van der Waals surface area contributed by atoms with Crippen LogP contribution < -0.4 is 0 Å². The van der Waals surface area contributed by atoms with E-state index in [1.54, 1.807) is 36.9 Å². The monoisotopic (exact) mass is 379 g/mol. The predicted molar refractivity (Wildman–Crippen MR) is 103 cm³/mol. The second-order valence-corrected chi connectivity index (χ2v) is 7.97. The number of piperidine rings is 2. The summed E-state index contributed by atoms with van der Waals surface area (Å²) in [5.74, 6) is 0.208. The predicted octanol–water partition coefficient (Wildman–Crippen LogP) is 2.23. The summed E-state index contributed by atoms with van der Waals surface area (Å²) in [6.07, 6.45) is 10.1. The molecule has 7 heteroatoms. The first-order valence-electron chi connectivity index (χ1n) is 9.79. The number of hydrogen-bond acceptors (Lipinski definition) is 5. The maximum atomic E-state index is 12.9. The summed E-state index contributed by atoms with van der Waals surface area (Å²) in [4.78, 5) is 41.9. The molecule has 2 saturated heterocycles. The molecular weight excluding hydrogens is 354 g/mol. The van der Waals surface area contributed by atoms with Crippen LogP contribution in [0.1, 0.15) is 47.4 Å². The second-order valence-electron chi connectivity index (χ2n) is 7.97. The fraction of sp³-hybridized carbons (Fsp3) is 0.476. The summed E-state index contributed by atoms with van der Waals surface area (Å²) in [6.45, 7) is 4.50. The van der Waals surface area contributed by atoms with Crippen molar-refractivity contribution < 1.29 is 9.59 Å². The highest BCUT2D eigenvalue weighted by Crippen LogP contribution is 2.39. The highest BCUT2D eigenvalue weighted by molar-refractivity contribution is 5.94. The number of pyridine rings is 1. The number of hydrogen-bond donors (Lipinski definition) is 0. The van der Waals surface area contributed by atoms with Crippen molar-refractivity contribution in [2.24, 2.45) is 5.41 Å². The van der Waals surface area contributed by atoms with Crippen LogP contribution in [0.3, 0.4) is 0 Å². The molecule has 2 aliphatic rings. The lowest BCUT2D eigenvalue weighted by Crippen LogP contribution is -2.54. The minimum Gasteiger partial charge on any atom is -0.338 e. The molecule has 0 radical (unpaired) electrons. The van der Waals surface area contributed by atoms with Crippen molar-refractivity contribution in [1.29, 1.82) is 0 Å². The van der Waals surface area contributed by atoms with E-state index in [0.29, 0.717) is 31.6 Å². The molecule has 0 aromatic carbocycles. The normalized spacial score (nSPS) is 22.5. The van der Waals surface area contributed by atoms with E-state index in [2.05, 4.69) is 15.0 Å². The average molecular weight is 379 g/mol. The summed E-state index contributed by atoms with van der Waals surface area (Å²) in [7, 11) is 0. The van der Waals surface area contributed by atoms with E-state index in [9.17, 15) is 9.59 Å². The van der Waals surface area contributed by atoms with E-state index in [4.69, 9.17) is 0 Å². The molecule has 1 spiro atoms. The van der Waals surface area contributed by atoms with Crippen molar-refractivity contribution in [3.8, 4) is 0 Å². The van der Waals surface area contributed by atoms with Gasteiger partial charge in [0.15, 0.2) is 0 Å². The summed E-state index contributed by atoms with van der Waals surface area (Å²) in [6, 6.07) is 3.52. The van der Waals surface area contributed by atoms with Gasteiger partial charge >= 0.3 is 0 Å². The van der Waals surface area contributed by atoms with Gasteiger partial charge in [-0.15, -0.1) is 0 Å². The Kier molecular flexibility index (Phi) is 5.07. The highest BCUT2D eigenvalue weighted by Gasteiger charge is 2.42. The molecule has 2 aromatic rings. The molecule has 2 fully saturated rings. The van der Waals surface area contributed by atoms with Crippen molar-refractivity contribution in [3.05, 3.63) is 53.9 Å². The van der Waals surface area contributed by atoms with Crippen LogP contribution in [0.15, 0.2) is 36.9 Å². The van der Waals surface area contributed by atoms with Gasteiger partial charge in [-0.25, -0.2) is 0 Å². The maximum Gasteiger partial charge on any atom is 0.253 e. The van der Waals surface area contributed by atoms with E-state index in [-0.39, 0.29) is 17.2 Å². The SMILES string of the molecule is Cc1cnc(CN2C[C@@]3(CCCN(C(=O)c4ccncc4)C3)CCC2=O)cn1. The van der Waals surface area contributed by atoms with Crippen LogP contribution in [0, 0.1) is 12.3 Å². The fourth-order valence-electron chi connectivity index (χ4n) is 4.33. The van der Waals surface area contributed by atoms with E-state index < -0.39 is 0 Å². The summed E-state index contributed by atoms with van der Waals surface area (Å²) in [5, 5.41) is 0. The van der Waals surface area contributed by atoms with Crippen LogP contribution in [0.5, 0.6) is 0 Å². The molecule has 0 unspecified atom stereocenters. The van der Waals surface area contributed by atoms with Gasteiger partial charge in [0.2, 0.25) is 5.91 Å². The number of carbonyl (C=O) groups excluding carboxylic acids is 2. The van der Waals surface area contributed by atoms with Crippen molar-refractivity contribution in [2.45, 2.75) is 39.2 Å². The third kappa shape index (κ3) is 3.88. The first-order valence-corrected chi connectivity index (χ1v) is 9.79. The van der Waals surface area contributed by atoms with E-state index in [1.165, 1.54) is 0 Å². The van der Waals surface area contributed by atoms with E-state index in [1.807, 2.05) is 16.7 Å². The van der Waals surface area contributed by atoms with E-state index >= 15 is 0 Å². The van der Waals surface area contributed by atoms with Crippen molar-refractivity contribution in [1.82, 2.24) is 24.8 Å². The molecule has 4 heterocycles.